The first-order valence-electron chi connectivity index (χ1n) is 20.8. The lowest BCUT2D eigenvalue weighted by Gasteiger charge is -2.21. The Morgan fingerprint density at radius 1 is 0.571 bits per heavy atom. The highest BCUT2D eigenvalue weighted by Crippen LogP contribution is 2.21. The van der Waals surface area contributed by atoms with Crippen molar-refractivity contribution < 1.29 is 36.0 Å². The van der Waals surface area contributed by atoms with Gasteiger partial charge in [-0.1, -0.05) is 108 Å². The summed E-state index contributed by atoms with van der Waals surface area (Å²) < 4.78 is 57.6. The molecule has 2 rings (SSSR count). The zero-order valence-electron chi connectivity index (χ0n) is 34.8. The van der Waals surface area contributed by atoms with Crippen molar-refractivity contribution in [2.45, 2.75) is 130 Å². The lowest BCUT2D eigenvalue weighted by Crippen LogP contribution is -2.36. The Bertz CT molecular complexity index is 1600. The van der Waals surface area contributed by atoms with E-state index in [1.165, 1.54) is 76.3 Å². The Kier molecular flexibility index (Phi) is 24.0. The average Bonchev–Trinajstić information content (AvgIpc) is 3.17. The van der Waals surface area contributed by atoms with Gasteiger partial charge in [0.05, 0.1) is 11.9 Å². The number of nitrogens with one attached hydrogen (secondary N) is 1. The molecule has 14 heteroatoms. The number of anilines is 2. The Hall–Kier alpha value is -3.20. The van der Waals surface area contributed by atoms with Crippen LogP contribution in [0.5, 0.6) is 0 Å². The third-order valence-corrected chi connectivity index (χ3v) is 11.6. The van der Waals surface area contributed by atoms with Crippen LogP contribution < -0.4 is 9.19 Å². The third-order valence-electron chi connectivity index (χ3n) is 9.78. The molecule has 12 nitrogen and oxygen atoms in total. The maximum absolute atomic E-state index is 12.6. The van der Waals surface area contributed by atoms with Crippen LogP contribution in [0.2, 0.25) is 0 Å². The molecular weight excluding hydrogens is 753 g/mol. The van der Waals surface area contributed by atoms with Crippen molar-refractivity contribution in [2.75, 3.05) is 60.7 Å². The van der Waals surface area contributed by atoms with Crippen molar-refractivity contribution in [1.82, 2.24) is 9.80 Å². The number of esters is 1. The number of hydrogen-bond donors (Lipinski definition) is 1. The van der Waals surface area contributed by atoms with E-state index in [1.807, 2.05) is 12.1 Å². The van der Waals surface area contributed by atoms with Gasteiger partial charge in [0, 0.05) is 5.69 Å². The summed E-state index contributed by atoms with van der Waals surface area (Å²) in [5, 5.41) is 0. The molecule has 0 bridgehead atoms. The smallest absolute Gasteiger partial charge is 0.439 e. The maximum atomic E-state index is 12.6. The van der Waals surface area contributed by atoms with Crippen molar-refractivity contribution >= 4 is 43.4 Å². The van der Waals surface area contributed by atoms with E-state index >= 15 is 0 Å². The van der Waals surface area contributed by atoms with Crippen LogP contribution in [-0.4, -0.2) is 90.0 Å². The first kappa shape index (κ1) is 48.9. The largest absolute Gasteiger partial charge is 0.442 e. The van der Waals surface area contributed by atoms with Crippen LogP contribution in [0.25, 0.3) is 0 Å². The number of carbonyl (C=O) groups is 2. The molecule has 0 spiro atoms. The minimum absolute atomic E-state index is 0.00599. The fourth-order valence-corrected chi connectivity index (χ4v) is 7.93. The van der Waals surface area contributed by atoms with E-state index in [9.17, 15) is 26.4 Å². The van der Waals surface area contributed by atoms with Crippen LogP contribution in [0.3, 0.4) is 0 Å². The zero-order chi connectivity index (χ0) is 41.2. The number of carbonyl (C=O) groups excluding carboxylic acids is 2. The molecule has 0 aromatic heterocycles. The van der Waals surface area contributed by atoms with E-state index in [4.69, 9.17) is 9.57 Å². The molecule has 2 aromatic rings. The van der Waals surface area contributed by atoms with Gasteiger partial charge in [0.2, 0.25) is 5.94 Å². The molecule has 1 N–H and O–H groups in total. The summed E-state index contributed by atoms with van der Waals surface area (Å²) in [6.07, 6.45) is 19.3. The highest BCUT2D eigenvalue weighted by molar-refractivity contribution is 7.92. The molecule has 0 aliphatic heterocycles. The molecule has 0 aliphatic carbocycles. The van der Waals surface area contributed by atoms with Crippen molar-refractivity contribution in [3.05, 3.63) is 59.7 Å². The molecule has 0 aliphatic rings. The quantitative estimate of drug-likeness (QED) is 0.0343. The van der Waals surface area contributed by atoms with Crippen molar-refractivity contribution in [3.63, 3.8) is 0 Å². The molecule has 0 unspecified atom stereocenters. The lowest BCUT2D eigenvalue weighted by molar-refractivity contribution is -0.166. The van der Waals surface area contributed by atoms with Crippen LogP contribution in [0.15, 0.2) is 48.5 Å². The SMILES string of the molecule is CCCCCCCN(CC)CCCCc1ccc(NS(=O)(=O)COC(=O)C(=O)ON(c2ccc(CCCCN(CC)CCCCCCC)cc2)S(C)(=O)=O)cc1. The van der Waals surface area contributed by atoms with Gasteiger partial charge < -0.3 is 19.4 Å². The summed E-state index contributed by atoms with van der Waals surface area (Å²) in [6, 6.07) is 13.4. The average molecular weight is 823 g/mol. The Morgan fingerprint density at radius 3 is 1.43 bits per heavy atom. The third kappa shape index (κ3) is 20.8. The number of aryl methyl sites for hydroxylation is 2. The Labute approximate surface area is 338 Å². The normalized spacial score (nSPS) is 11.9. The Balaban J connectivity index is 1.79. The number of nitrogens with zero attached hydrogens (tertiary/aromatic N) is 3. The van der Waals surface area contributed by atoms with E-state index in [0.717, 1.165) is 95.2 Å². The molecule has 0 heterocycles. The first-order valence-corrected chi connectivity index (χ1v) is 24.3. The second kappa shape index (κ2) is 27.4. The van der Waals surface area contributed by atoms with Crippen molar-refractivity contribution in [1.29, 1.82) is 0 Å². The van der Waals surface area contributed by atoms with Gasteiger partial charge >= 0.3 is 11.9 Å². The fraction of sp³-hybridized carbons (Fsp3) is 0.667. The van der Waals surface area contributed by atoms with Gasteiger partial charge in [-0.05, 0) is 126 Å². The fourth-order valence-electron chi connectivity index (χ4n) is 6.41. The molecule has 0 saturated heterocycles. The van der Waals surface area contributed by atoms with Gasteiger partial charge in [0.15, 0.2) is 0 Å². The number of benzene rings is 2. The summed E-state index contributed by atoms with van der Waals surface area (Å²) in [7, 11) is -8.37. The minimum atomic E-state index is -4.20. The van der Waals surface area contributed by atoms with Crippen molar-refractivity contribution in [2.24, 2.45) is 0 Å². The van der Waals surface area contributed by atoms with Crippen LogP contribution >= 0.6 is 0 Å². The molecule has 56 heavy (non-hydrogen) atoms. The predicted octanol–water partition coefficient (Wildman–Crippen LogP) is 8.08. The highest BCUT2D eigenvalue weighted by Gasteiger charge is 2.29. The van der Waals surface area contributed by atoms with Gasteiger partial charge in [-0.25, -0.2) is 26.4 Å². The van der Waals surface area contributed by atoms with Crippen LogP contribution in [0.4, 0.5) is 11.4 Å². The molecule has 318 valence electrons. The molecule has 0 atom stereocenters. The molecule has 0 saturated carbocycles. The molecular formula is C42H70N4O8S2. The lowest BCUT2D eigenvalue weighted by atomic mass is 10.1. The summed E-state index contributed by atoms with van der Waals surface area (Å²) in [4.78, 5) is 34.8. The number of sulfonamides is 2. The predicted molar refractivity (Wildman–Crippen MR) is 227 cm³/mol. The van der Waals surface area contributed by atoms with E-state index in [1.54, 1.807) is 24.3 Å². The monoisotopic (exact) mass is 822 g/mol. The standard InChI is InChI=1S/C42H70N4O8S2/c1-6-10-12-14-18-32-44(8-3)34-20-16-22-37-24-28-39(29-25-37)43-56(51,52)36-53-41(47)42(48)54-46(55(5,49)50)40-30-26-38(27-31-40)23-17-21-35-45(9-4)33-19-15-13-11-7-2/h24-31,43H,6-23,32-36H2,1-5H3. The van der Waals surface area contributed by atoms with E-state index < -0.39 is 37.9 Å². The summed E-state index contributed by atoms with van der Waals surface area (Å²) in [6.45, 7) is 15.2. The van der Waals surface area contributed by atoms with E-state index in [-0.39, 0.29) is 11.4 Å². The van der Waals surface area contributed by atoms with Crippen molar-refractivity contribution in [3.8, 4) is 0 Å². The van der Waals surface area contributed by atoms with Gasteiger partial charge in [-0.15, -0.1) is 0 Å². The van der Waals surface area contributed by atoms with Gasteiger partial charge in [-0.3, -0.25) is 4.72 Å². The Morgan fingerprint density at radius 2 is 1.00 bits per heavy atom. The van der Waals surface area contributed by atoms with Crippen LogP contribution in [0, 0.1) is 0 Å². The summed E-state index contributed by atoms with van der Waals surface area (Å²) >= 11 is 0. The van der Waals surface area contributed by atoms with Crippen LogP contribution in [0.1, 0.15) is 129 Å². The summed E-state index contributed by atoms with van der Waals surface area (Å²) in [5.41, 5.74) is 2.34. The highest BCUT2D eigenvalue weighted by atomic mass is 32.2. The topological polar surface area (TPSA) is 143 Å². The van der Waals surface area contributed by atoms with Gasteiger partial charge in [0.25, 0.3) is 20.0 Å². The number of unbranched alkanes of at least 4 members (excludes halogenated alkanes) is 10. The number of ether oxygens (including phenoxy) is 1. The van der Waals surface area contributed by atoms with Crippen LogP contribution in [-0.2, 0) is 52.1 Å². The summed E-state index contributed by atoms with van der Waals surface area (Å²) in [5.74, 6) is -4.51. The van der Waals surface area contributed by atoms with Gasteiger partial charge in [-0.2, -0.15) is 0 Å². The molecule has 2 aromatic carbocycles. The molecule has 0 amide bonds. The molecule has 0 fully saturated rings. The van der Waals surface area contributed by atoms with Gasteiger partial charge in [0.1, 0.15) is 0 Å². The number of rotatable bonds is 31. The van der Waals surface area contributed by atoms with E-state index in [0.29, 0.717) is 4.47 Å². The van der Waals surface area contributed by atoms with E-state index in [2.05, 4.69) is 42.2 Å². The maximum Gasteiger partial charge on any atom is 0.442 e. The molecule has 0 radical (unpaired) electrons. The minimum Gasteiger partial charge on any atom is -0.439 e. The first-order chi connectivity index (χ1) is 26.8. The second-order valence-electron chi connectivity index (χ2n) is 14.6. The number of hydrogen-bond acceptors (Lipinski definition) is 10. The zero-order valence-corrected chi connectivity index (χ0v) is 36.4. The second-order valence-corrected chi connectivity index (χ2v) is 18.1.